The fourth-order valence-corrected chi connectivity index (χ4v) is 20.6. The lowest BCUT2D eigenvalue weighted by Gasteiger charge is -2.44. The molecule has 0 radical (unpaired) electrons. The summed E-state index contributed by atoms with van der Waals surface area (Å²) in [7, 11) is -5.37. The average Bonchev–Trinajstić information content (AvgIpc) is 3.90. The molecule has 11 aliphatic rings. The number of hydrogen-bond donors (Lipinski definition) is 5. The number of carbonyl (C=O) groups is 1. The zero-order chi connectivity index (χ0) is 52.8. The van der Waals surface area contributed by atoms with E-state index < -0.39 is 31.5 Å². The molecule has 7 heterocycles. The molecule has 0 aromatic carbocycles. The number of amides is 1. The number of rotatable bonds is 9. The van der Waals surface area contributed by atoms with Gasteiger partial charge < -0.3 is 33.5 Å². The van der Waals surface area contributed by atoms with E-state index in [0.29, 0.717) is 61.6 Å². The average molecular weight is 1060 g/mol. The highest BCUT2D eigenvalue weighted by molar-refractivity contribution is 8.19. The van der Waals surface area contributed by atoms with Crippen molar-refractivity contribution < 1.29 is 45.3 Å². The van der Waals surface area contributed by atoms with Crippen LogP contribution in [0.25, 0.3) is 0 Å². The molecule has 0 bridgehead atoms. The van der Waals surface area contributed by atoms with Gasteiger partial charge in [-0.3, -0.25) is 9.35 Å². The van der Waals surface area contributed by atoms with Crippen molar-refractivity contribution in [3.63, 3.8) is 0 Å². The first-order valence-corrected chi connectivity index (χ1v) is 32.0. The highest BCUT2D eigenvalue weighted by atomic mass is 32.3. The third kappa shape index (κ3) is 8.54. The van der Waals surface area contributed by atoms with Crippen LogP contribution in [0.2, 0.25) is 0 Å². The predicted octanol–water partition coefficient (Wildman–Crippen LogP) is 9.93. The van der Waals surface area contributed by atoms with Gasteiger partial charge in [-0.2, -0.15) is 8.42 Å². The largest absolute Gasteiger partial charge is 0.371 e. The van der Waals surface area contributed by atoms with Gasteiger partial charge in [0.2, 0.25) is 5.91 Å². The number of carbonyl (C=O) groups excluding carboxylic acids is 1. The molecule has 11 rings (SSSR count). The smallest absolute Gasteiger partial charge is 0.267 e. The van der Waals surface area contributed by atoms with Crippen LogP contribution in [0.4, 0.5) is 0 Å². The van der Waals surface area contributed by atoms with Crippen LogP contribution in [0, 0.1) is 57.2 Å². The molecular formula is C59H91N5O8S2+2. The minimum absolute atomic E-state index is 0.00959. The maximum atomic E-state index is 14.3. The Balaban J connectivity index is 0.722. The van der Waals surface area contributed by atoms with Gasteiger partial charge in [-0.05, 0) is 135 Å². The van der Waals surface area contributed by atoms with E-state index in [1.54, 1.807) is 0 Å². The maximum absolute atomic E-state index is 14.3. The van der Waals surface area contributed by atoms with Crippen molar-refractivity contribution in [1.29, 1.82) is 0 Å². The van der Waals surface area contributed by atoms with Gasteiger partial charge in [-0.1, -0.05) is 45.9 Å². The Kier molecular flexibility index (Phi) is 13.4. The fraction of sp³-hybridized carbons (Fsp3) is 0.780. The topological polar surface area (TPSA) is 166 Å². The Morgan fingerprint density at radius 1 is 0.743 bits per heavy atom. The quantitative estimate of drug-likeness (QED) is 0.0853. The molecule has 14 atom stereocenters. The van der Waals surface area contributed by atoms with Gasteiger partial charge in [0.15, 0.2) is 23.5 Å². The third-order valence-corrected chi connectivity index (χ3v) is 25.1. The van der Waals surface area contributed by atoms with Crippen molar-refractivity contribution in [2.45, 2.75) is 199 Å². The molecule has 14 unspecified atom stereocenters. The van der Waals surface area contributed by atoms with Crippen LogP contribution in [-0.2, 0) is 19.6 Å². The Morgan fingerprint density at radius 3 is 2.16 bits per heavy atom. The molecule has 4 aliphatic carbocycles. The van der Waals surface area contributed by atoms with E-state index >= 15 is 0 Å². The monoisotopic (exact) mass is 1060 g/mol. The van der Waals surface area contributed by atoms with Crippen LogP contribution >= 0.6 is 10.9 Å². The Hall–Kier alpha value is -2.79. The van der Waals surface area contributed by atoms with Crippen molar-refractivity contribution in [1.82, 2.24) is 15.1 Å². The van der Waals surface area contributed by atoms with Crippen LogP contribution in [0.1, 0.15) is 152 Å². The van der Waals surface area contributed by atoms with Gasteiger partial charge in [0.05, 0.1) is 44.4 Å². The first-order chi connectivity index (χ1) is 34.8. The summed E-state index contributed by atoms with van der Waals surface area (Å²) in [5, 5.41) is 2.39. The second-order valence-corrected chi connectivity index (χ2v) is 30.9. The van der Waals surface area contributed by atoms with E-state index in [0.717, 1.165) is 90.4 Å². The van der Waals surface area contributed by atoms with Crippen LogP contribution in [-0.4, -0.2) is 143 Å². The van der Waals surface area contributed by atoms with Crippen molar-refractivity contribution in [3.05, 3.63) is 59.0 Å². The van der Waals surface area contributed by atoms with Crippen molar-refractivity contribution in [3.8, 4) is 0 Å². The van der Waals surface area contributed by atoms with Gasteiger partial charge in [0.25, 0.3) is 10.1 Å². The Labute approximate surface area is 445 Å². The second kappa shape index (κ2) is 18.7. The molecule has 15 heteroatoms. The van der Waals surface area contributed by atoms with E-state index in [2.05, 4.69) is 130 Å². The molecule has 410 valence electrons. The molecular weight excluding hydrogens is 971 g/mol. The van der Waals surface area contributed by atoms with E-state index in [1.807, 2.05) is 0 Å². The fourth-order valence-electron chi connectivity index (χ4n) is 18.8. The molecule has 1 amide bonds. The molecule has 2 saturated heterocycles. The lowest BCUT2D eigenvalue weighted by molar-refractivity contribution is -0.571. The minimum Gasteiger partial charge on any atom is -0.371 e. The molecule has 5 N–H and O–H groups in total. The standard InChI is InChI=1S/C59H89N5O8S2/c1-11-62-46-23-19-37(73(66,67)68)31-43(46)57(4,5)52(62)16-14-12-13-15-51-56(2,3)41-29-35(17-21-45(41)61(51)10)34-60-55(65)36-18-22-47-42(30-36)58(6,7)53-39-33-40-50(72-49(39)25-27-63(47)53)26-28-64-48-24-20-38(74(69,70)71)32-44(48)59(8,9)54(40)64/h12-16,33,35-38,41-50H,11,17-32,34H2,1-10H3,(H3-2,60,65,66,67,68,69,70,71)/p+2. The van der Waals surface area contributed by atoms with E-state index in [4.69, 9.17) is 4.74 Å². The SMILES string of the molecule is CCN1/C(=C/C=C/C=C/C2=[N+](C)C3CCC(CNC(=O)C4CCC5C(C4)C(C)(C)C4=[N+]5CCC5OC6CCN7C(=C6C=C45)C(C)(C)C4CC(S(O)(O)O)CCC47)CC3C2(C)C)C(C)(C)C2CC(S(=O)(=O)O)CCC21. The summed E-state index contributed by atoms with van der Waals surface area (Å²) in [5.41, 5.74) is 7.56. The molecule has 0 aromatic heterocycles. The summed E-state index contributed by atoms with van der Waals surface area (Å²) in [6.45, 7) is 24.5. The number of allylic oxidation sites excluding steroid dienone is 7. The van der Waals surface area contributed by atoms with Crippen LogP contribution in [0.5, 0.6) is 0 Å². The van der Waals surface area contributed by atoms with E-state index in [-0.39, 0.29) is 63.6 Å². The number of nitrogens with one attached hydrogen (secondary N) is 1. The maximum Gasteiger partial charge on any atom is 0.267 e. The van der Waals surface area contributed by atoms with Crippen LogP contribution in [0.15, 0.2) is 59.0 Å². The molecule has 0 spiro atoms. The van der Waals surface area contributed by atoms with Gasteiger partial charge >= 0.3 is 0 Å². The summed E-state index contributed by atoms with van der Waals surface area (Å²) in [6.07, 6.45) is 25.7. The third-order valence-electron chi connectivity index (χ3n) is 22.5. The number of hydrogen-bond acceptors (Lipinski definition) is 9. The van der Waals surface area contributed by atoms with E-state index in [9.17, 15) is 31.4 Å². The molecule has 6 fully saturated rings. The highest BCUT2D eigenvalue weighted by Crippen LogP contribution is 2.62. The summed E-state index contributed by atoms with van der Waals surface area (Å²) >= 11 is 0. The lowest BCUT2D eigenvalue weighted by Crippen LogP contribution is -2.47. The zero-order valence-electron chi connectivity index (χ0n) is 46.3. The Bertz CT molecular complexity index is 2640. The number of nitrogens with zero attached hydrogens (tertiary/aromatic N) is 4. The van der Waals surface area contributed by atoms with Crippen LogP contribution < -0.4 is 5.32 Å². The van der Waals surface area contributed by atoms with Crippen molar-refractivity contribution in [2.24, 2.45) is 57.2 Å². The van der Waals surface area contributed by atoms with Crippen molar-refractivity contribution >= 4 is 38.3 Å². The molecule has 4 saturated carbocycles. The number of likely N-dealkylation sites (tertiary alicyclic amines) is 1. The van der Waals surface area contributed by atoms with Gasteiger partial charge in [-0.25, -0.2) is 9.15 Å². The second-order valence-electron chi connectivity index (χ2n) is 27.4. The number of ether oxygens (including phenoxy) is 1. The summed E-state index contributed by atoms with van der Waals surface area (Å²) in [5.74, 6) is 2.00. The van der Waals surface area contributed by atoms with Gasteiger partial charge in [-0.15, -0.1) is 0 Å². The minimum atomic E-state index is -4.05. The first kappa shape index (κ1) is 53.2. The highest BCUT2D eigenvalue weighted by Gasteiger charge is 2.63. The summed E-state index contributed by atoms with van der Waals surface area (Å²) in [4.78, 5) is 19.4. The van der Waals surface area contributed by atoms with Gasteiger partial charge in [0.1, 0.15) is 13.6 Å². The summed E-state index contributed by atoms with van der Waals surface area (Å²) in [6, 6.07) is 1.53. The molecule has 13 nitrogen and oxygen atoms in total. The van der Waals surface area contributed by atoms with Crippen LogP contribution in [0.3, 0.4) is 0 Å². The number of fused-ring (bicyclic) bond motifs is 10. The first-order valence-electron chi connectivity index (χ1n) is 28.9. The lowest BCUT2D eigenvalue weighted by atomic mass is 9.64. The molecule has 0 aromatic rings. The predicted molar refractivity (Wildman–Crippen MR) is 294 cm³/mol. The molecule has 74 heavy (non-hydrogen) atoms. The molecule has 7 aliphatic heterocycles. The van der Waals surface area contributed by atoms with E-state index in [1.165, 1.54) is 34.0 Å². The van der Waals surface area contributed by atoms with Crippen molar-refractivity contribution in [2.75, 3.05) is 33.2 Å². The van der Waals surface area contributed by atoms with Gasteiger partial charge in [0, 0.05) is 108 Å². The summed E-state index contributed by atoms with van der Waals surface area (Å²) < 4.78 is 77.4. The Morgan fingerprint density at radius 2 is 1.43 bits per heavy atom. The zero-order valence-corrected chi connectivity index (χ0v) is 47.9. The normalized spacial score (nSPS) is 40.6.